The van der Waals surface area contributed by atoms with Gasteiger partial charge in [-0.05, 0) is 30.5 Å². The molecule has 1 saturated heterocycles. The van der Waals surface area contributed by atoms with Crippen molar-refractivity contribution in [1.29, 1.82) is 0 Å². The van der Waals surface area contributed by atoms with Gasteiger partial charge < -0.3 is 14.5 Å². The van der Waals surface area contributed by atoms with E-state index in [0.717, 1.165) is 39.1 Å². The molecule has 2 fully saturated rings. The zero-order valence-electron chi connectivity index (χ0n) is 14.4. The number of anilines is 1. The molecule has 4 heteroatoms. The Kier molecular flexibility index (Phi) is 4.90. The molecular weight excluding hydrogens is 288 g/mol. The molecule has 0 bridgehead atoms. The quantitative estimate of drug-likeness (QED) is 0.856. The summed E-state index contributed by atoms with van der Waals surface area (Å²) in [5.74, 6) is 0.298. The molecule has 0 radical (unpaired) electrons. The van der Waals surface area contributed by atoms with Gasteiger partial charge in [-0.3, -0.25) is 4.79 Å². The van der Waals surface area contributed by atoms with Gasteiger partial charge in [-0.15, -0.1) is 0 Å². The molecule has 1 aromatic rings. The number of carbonyl (C=O) groups excluding carboxylic acids is 1. The fraction of sp³-hybridized carbons (Fsp3) is 0.632. The third kappa shape index (κ3) is 3.69. The van der Waals surface area contributed by atoms with Gasteiger partial charge in [0.15, 0.2) is 0 Å². The first-order valence-corrected chi connectivity index (χ1v) is 8.76. The van der Waals surface area contributed by atoms with Crippen molar-refractivity contribution in [2.75, 3.05) is 38.3 Å². The molecule has 1 aromatic carbocycles. The van der Waals surface area contributed by atoms with Crippen LogP contribution in [0.3, 0.4) is 0 Å². The molecule has 2 aliphatic rings. The second-order valence-electron chi connectivity index (χ2n) is 7.19. The van der Waals surface area contributed by atoms with E-state index in [1.54, 1.807) is 0 Å². The Morgan fingerprint density at radius 3 is 2.39 bits per heavy atom. The number of rotatable bonds is 4. The minimum Gasteiger partial charge on any atom is -0.378 e. The van der Waals surface area contributed by atoms with Crippen LogP contribution in [0.1, 0.15) is 38.2 Å². The van der Waals surface area contributed by atoms with E-state index >= 15 is 0 Å². The zero-order chi connectivity index (χ0) is 16.3. The van der Waals surface area contributed by atoms with Gasteiger partial charge in [-0.1, -0.05) is 31.9 Å². The number of benzene rings is 1. The first-order valence-electron chi connectivity index (χ1n) is 8.76. The van der Waals surface area contributed by atoms with Crippen LogP contribution >= 0.6 is 0 Å². The highest BCUT2D eigenvalue weighted by atomic mass is 16.5. The van der Waals surface area contributed by atoms with Gasteiger partial charge in [-0.25, -0.2) is 0 Å². The van der Waals surface area contributed by atoms with Gasteiger partial charge in [0.25, 0.3) is 0 Å². The molecule has 1 aliphatic heterocycles. The summed E-state index contributed by atoms with van der Waals surface area (Å²) in [4.78, 5) is 16.9. The van der Waals surface area contributed by atoms with Gasteiger partial charge >= 0.3 is 0 Å². The number of hydrogen-bond donors (Lipinski definition) is 0. The summed E-state index contributed by atoms with van der Waals surface area (Å²) in [6.45, 7) is 6.33. The lowest BCUT2D eigenvalue weighted by molar-refractivity contribution is -0.140. The second-order valence-corrected chi connectivity index (χ2v) is 7.19. The number of carbonyl (C=O) groups is 1. The molecule has 126 valence electrons. The maximum atomic E-state index is 12.7. The summed E-state index contributed by atoms with van der Waals surface area (Å²) in [6.07, 6.45) is 4.44. The van der Waals surface area contributed by atoms with Crippen LogP contribution in [-0.4, -0.2) is 44.2 Å². The maximum absolute atomic E-state index is 12.7. The topological polar surface area (TPSA) is 32.8 Å². The Labute approximate surface area is 139 Å². The van der Waals surface area contributed by atoms with Crippen LogP contribution in [0.15, 0.2) is 24.3 Å². The van der Waals surface area contributed by atoms with Gasteiger partial charge in [0.05, 0.1) is 13.2 Å². The number of amides is 1. The Bertz CT molecular complexity index is 529. The summed E-state index contributed by atoms with van der Waals surface area (Å²) in [5, 5.41) is 0. The third-order valence-corrected chi connectivity index (χ3v) is 5.30. The number of nitrogens with zero attached hydrogens (tertiary/aromatic N) is 2. The van der Waals surface area contributed by atoms with Crippen LogP contribution in [-0.2, 0) is 16.1 Å². The predicted octanol–water partition coefficient (Wildman–Crippen LogP) is 3.06. The average molecular weight is 316 g/mol. The monoisotopic (exact) mass is 316 g/mol. The van der Waals surface area contributed by atoms with E-state index in [4.69, 9.17) is 4.74 Å². The van der Waals surface area contributed by atoms with Gasteiger partial charge in [0.2, 0.25) is 5.91 Å². The van der Waals surface area contributed by atoms with E-state index in [1.807, 2.05) is 11.9 Å². The minimum atomic E-state index is -0.136. The summed E-state index contributed by atoms with van der Waals surface area (Å²) in [5.41, 5.74) is 2.30. The Morgan fingerprint density at radius 1 is 1.17 bits per heavy atom. The van der Waals surface area contributed by atoms with E-state index in [9.17, 15) is 4.79 Å². The van der Waals surface area contributed by atoms with Crippen molar-refractivity contribution in [1.82, 2.24) is 4.90 Å². The fourth-order valence-electron chi connectivity index (χ4n) is 3.81. The molecule has 23 heavy (non-hydrogen) atoms. The van der Waals surface area contributed by atoms with Gasteiger partial charge in [-0.2, -0.15) is 0 Å². The zero-order valence-corrected chi connectivity index (χ0v) is 14.4. The van der Waals surface area contributed by atoms with Crippen molar-refractivity contribution in [3.05, 3.63) is 29.8 Å². The molecule has 1 aliphatic carbocycles. The van der Waals surface area contributed by atoms with Crippen LogP contribution in [0.4, 0.5) is 5.69 Å². The van der Waals surface area contributed by atoms with Crippen molar-refractivity contribution in [2.24, 2.45) is 5.41 Å². The summed E-state index contributed by atoms with van der Waals surface area (Å²) in [7, 11) is 1.93. The molecule has 1 heterocycles. The summed E-state index contributed by atoms with van der Waals surface area (Å²) < 4.78 is 5.40. The van der Waals surface area contributed by atoms with Crippen molar-refractivity contribution in [3.8, 4) is 0 Å². The van der Waals surface area contributed by atoms with E-state index in [2.05, 4.69) is 36.1 Å². The molecule has 4 nitrogen and oxygen atoms in total. The molecule has 1 saturated carbocycles. The highest BCUT2D eigenvalue weighted by Gasteiger charge is 2.37. The lowest BCUT2D eigenvalue weighted by Crippen LogP contribution is -2.38. The molecule has 0 N–H and O–H groups in total. The molecule has 0 aromatic heterocycles. The molecule has 1 amide bonds. The maximum Gasteiger partial charge on any atom is 0.228 e. The number of hydrogen-bond acceptors (Lipinski definition) is 3. The summed E-state index contributed by atoms with van der Waals surface area (Å²) in [6, 6.07) is 8.61. The number of ether oxygens (including phenoxy) is 1. The highest BCUT2D eigenvalue weighted by molar-refractivity contribution is 5.82. The normalized spacial score (nSPS) is 20.5. The van der Waals surface area contributed by atoms with Crippen LogP contribution in [0.2, 0.25) is 0 Å². The Balaban J connectivity index is 1.60. The molecular formula is C19H28N2O2. The van der Waals surface area contributed by atoms with E-state index in [-0.39, 0.29) is 5.41 Å². The Hall–Kier alpha value is -1.55. The average Bonchev–Trinajstić information content (AvgIpc) is 3.03. The van der Waals surface area contributed by atoms with Crippen molar-refractivity contribution < 1.29 is 9.53 Å². The van der Waals surface area contributed by atoms with E-state index < -0.39 is 0 Å². The first kappa shape index (κ1) is 16.3. The lowest BCUT2D eigenvalue weighted by Gasteiger charge is -2.30. The van der Waals surface area contributed by atoms with Crippen molar-refractivity contribution >= 4 is 11.6 Å². The third-order valence-electron chi connectivity index (χ3n) is 5.30. The minimum absolute atomic E-state index is 0.136. The predicted molar refractivity (Wildman–Crippen MR) is 92.5 cm³/mol. The molecule has 0 atom stereocenters. The van der Waals surface area contributed by atoms with Crippen LogP contribution in [0.25, 0.3) is 0 Å². The largest absolute Gasteiger partial charge is 0.378 e. The van der Waals surface area contributed by atoms with Crippen LogP contribution < -0.4 is 4.90 Å². The fourth-order valence-corrected chi connectivity index (χ4v) is 3.81. The SMILES string of the molecule is CN(Cc1ccc(N2CCOCC2)cc1)C(=O)C1(C)CCCC1. The first-order chi connectivity index (χ1) is 11.1. The van der Waals surface area contributed by atoms with Crippen molar-refractivity contribution in [2.45, 2.75) is 39.2 Å². The van der Waals surface area contributed by atoms with Crippen LogP contribution in [0.5, 0.6) is 0 Å². The lowest BCUT2D eigenvalue weighted by atomic mass is 9.87. The van der Waals surface area contributed by atoms with E-state index in [1.165, 1.54) is 24.1 Å². The standard InChI is InChI=1S/C19H28N2O2/c1-19(9-3-4-10-19)18(22)20(2)15-16-5-7-17(8-6-16)21-11-13-23-14-12-21/h5-8H,3-4,9-15H2,1-2H3. The van der Waals surface area contributed by atoms with Gasteiger partial charge in [0.1, 0.15) is 0 Å². The molecule has 3 rings (SSSR count). The smallest absolute Gasteiger partial charge is 0.228 e. The molecule has 0 spiro atoms. The number of morpholine rings is 1. The van der Waals surface area contributed by atoms with Crippen LogP contribution in [0, 0.1) is 5.41 Å². The van der Waals surface area contributed by atoms with Crippen molar-refractivity contribution in [3.63, 3.8) is 0 Å². The van der Waals surface area contributed by atoms with E-state index in [0.29, 0.717) is 12.5 Å². The van der Waals surface area contributed by atoms with Gasteiger partial charge in [0, 0.05) is 37.8 Å². The molecule has 0 unspecified atom stereocenters. The second kappa shape index (κ2) is 6.91. The Morgan fingerprint density at radius 2 is 1.78 bits per heavy atom. The highest BCUT2D eigenvalue weighted by Crippen LogP contribution is 2.39. The summed E-state index contributed by atoms with van der Waals surface area (Å²) >= 11 is 0.